The van der Waals surface area contributed by atoms with Crippen LogP contribution in [0.1, 0.15) is 0 Å². The average molecular weight is 779 g/mol. The van der Waals surface area contributed by atoms with Gasteiger partial charge in [-0.1, -0.05) is 140 Å². The molecule has 2 heterocycles. The number of hydrogen-bond donors (Lipinski definition) is 0. The van der Waals surface area contributed by atoms with E-state index in [1.807, 2.05) is 84.9 Å². The van der Waals surface area contributed by atoms with Gasteiger partial charge in [0.25, 0.3) is 0 Å². The molecule has 0 unspecified atom stereocenters. The molecule has 0 atom stereocenters. The van der Waals surface area contributed by atoms with Crippen LogP contribution in [0.25, 0.3) is 101 Å². The lowest BCUT2D eigenvalue weighted by atomic mass is 9.94. The summed E-state index contributed by atoms with van der Waals surface area (Å²) in [4.78, 5) is 28.8. The highest BCUT2D eigenvalue weighted by atomic mass is 19.1. The molecule has 0 bridgehead atoms. The predicted molar refractivity (Wildman–Crippen MR) is 234 cm³/mol. The first kappa shape index (κ1) is 36.3. The Labute approximate surface area is 344 Å². The van der Waals surface area contributed by atoms with Crippen LogP contribution < -0.4 is 0 Å². The smallest absolute Gasteiger partial charge is 0.164 e. The second-order valence-electron chi connectivity index (χ2n) is 14.3. The molecule has 6 nitrogen and oxygen atoms in total. The van der Waals surface area contributed by atoms with Crippen LogP contribution >= 0.6 is 0 Å². The van der Waals surface area contributed by atoms with Gasteiger partial charge in [-0.05, 0) is 87.6 Å². The zero-order valence-electron chi connectivity index (χ0n) is 31.9. The van der Waals surface area contributed by atoms with Gasteiger partial charge in [0.1, 0.15) is 11.6 Å². The fraction of sp³-hybridized carbons (Fsp3) is 0. The molecule has 0 saturated heterocycles. The van der Waals surface area contributed by atoms with E-state index in [2.05, 4.69) is 60.7 Å². The number of benzene rings is 8. The van der Waals surface area contributed by atoms with Crippen molar-refractivity contribution in [3.63, 3.8) is 0 Å². The molecule has 284 valence electrons. The van der Waals surface area contributed by atoms with Gasteiger partial charge in [0.05, 0.1) is 0 Å². The topological polar surface area (TPSA) is 77.3 Å². The summed E-state index contributed by atoms with van der Waals surface area (Å²) in [6, 6.07) is 61.2. The van der Waals surface area contributed by atoms with Gasteiger partial charge in [0.15, 0.2) is 34.9 Å². The molecule has 0 amide bonds. The zero-order valence-corrected chi connectivity index (χ0v) is 31.9. The summed E-state index contributed by atoms with van der Waals surface area (Å²) in [6.45, 7) is 0. The Morgan fingerprint density at radius 3 is 1.00 bits per heavy atom. The third-order valence-corrected chi connectivity index (χ3v) is 10.4. The van der Waals surface area contributed by atoms with E-state index in [4.69, 9.17) is 29.9 Å². The van der Waals surface area contributed by atoms with Gasteiger partial charge < -0.3 is 0 Å². The van der Waals surface area contributed by atoms with E-state index in [-0.39, 0.29) is 11.6 Å². The van der Waals surface area contributed by atoms with E-state index in [0.29, 0.717) is 46.1 Å². The third-order valence-electron chi connectivity index (χ3n) is 10.4. The molecule has 10 aromatic rings. The monoisotopic (exact) mass is 778 g/mol. The Morgan fingerprint density at radius 2 is 0.583 bits per heavy atom. The fourth-order valence-electron chi connectivity index (χ4n) is 7.22. The minimum Gasteiger partial charge on any atom is -0.208 e. The Balaban J connectivity index is 0.945. The molecule has 0 spiro atoms. The van der Waals surface area contributed by atoms with Gasteiger partial charge in [-0.15, -0.1) is 0 Å². The second kappa shape index (κ2) is 15.7. The first-order valence-electron chi connectivity index (χ1n) is 19.4. The SMILES string of the molecule is Fc1ccc(-c2nc(-c3ccccc3)nc(-c3ccc(-c4ccc5c(-c6ccc(-c7nc(-c8ccccc8)nc(-c8ccc(F)cc8)n7)cc6)cccc5c4)cc3)n2)cc1. The highest BCUT2D eigenvalue weighted by Crippen LogP contribution is 2.34. The molecule has 60 heavy (non-hydrogen) atoms. The maximum absolute atomic E-state index is 13.8. The number of rotatable bonds is 8. The largest absolute Gasteiger partial charge is 0.208 e. The van der Waals surface area contributed by atoms with Crippen LogP contribution in [0.15, 0.2) is 194 Å². The van der Waals surface area contributed by atoms with Crippen LogP contribution in [-0.4, -0.2) is 29.9 Å². The summed E-state index contributed by atoms with van der Waals surface area (Å²) in [5.41, 5.74) is 9.12. The number of halogens is 2. The van der Waals surface area contributed by atoms with E-state index in [1.54, 1.807) is 24.3 Å². The van der Waals surface area contributed by atoms with Crippen molar-refractivity contribution >= 4 is 10.8 Å². The standard InChI is InChI=1S/C52H32F2N6/c53-43-27-22-39(23-28-43)51-57-47(35-8-3-1-4-9-35)55-49(59-51)37-18-14-33(15-19-37)41-26-31-46-42(32-41)12-7-13-45(46)34-16-20-38(21-17-34)50-56-48(36-10-5-2-6-11-36)58-52(60-50)40-24-29-44(54)30-25-40/h1-32H. The van der Waals surface area contributed by atoms with Gasteiger partial charge in [-0.2, -0.15) is 0 Å². The summed E-state index contributed by atoms with van der Waals surface area (Å²) in [7, 11) is 0. The van der Waals surface area contributed by atoms with Gasteiger partial charge in [-0.3, -0.25) is 0 Å². The minimum atomic E-state index is -0.319. The summed E-state index contributed by atoms with van der Waals surface area (Å²) < 4.78 is 27.5. The molecule has 2 aromatic heterocycles. The normalized spacial score (nSPS) is 11.2. The molecule has 0 fully saturated rings. The predicted octanol–water partition coefficient (Wildman–Crippen LogP) is 12.8. The van der Waals surface area contributed by atoms with Crippen LogP contribution in [0.3, 0.4) is 0 Å². The van der Waals surface area contributed by atoms with Crippen molar-refractivity contribution in [2.24, 2.45) is 0 Å². The Hall–Kier alpha value is -8.10. The van der Waals surface area contributed by atoms with Gasteiger partial charge >= 0.3 is 0 Å². The molecule has 8 heteroatoms. The number of fused-ring (bicyclic) bond motifs is 1. The molecule has 0 N–H and O–H groups in total. The minimum absolute atomic E-state index is 0.319. The second-order valence-corrected chi connectivity index (χ2v) is 14.3. The van der Waals surface area contributed by atoms with E-state index >= 15 is 0 Å². The van der Waals surface area contributed by atoms with E-state index in [9.17, 15) is 8.78 Å². The quantitative estimate of drug-likeness (QED) is 0.153. The van der Waals surface area contributed by atoms with Crippen molar-refractivity contribution in [3.8, 4) is 90.6 Å². The Bertz CT molecular complexity index is 3120. The van der Waals surface area contributed by atoms with Gasteiger partial charge in [0, 0.05) is 33.4 Å². The molecule has 0 aliphatic heterocycles. The Morgan fingerprint density at radius 1 is 0.250 bits per heavy atom. The summed E-state index contributed by atoms with van der Waals surface area (Å²) in [5, 5.41) is 2.24. The van der Waals surface area contributed by atoms with Crippen molar-refractivity contribution < 1.29 is 8.78 Å². The molecular formula is C52H32F2N6. The molecule has 0 saturated carbocycles. The van der Waals surface area contributed by atoms with E-state index in [1.165, 1.54) is 24.3 Å². The summed E-state index contributed by atoms with van der Waals surface area (Å²) >= 11 is 0. The molecular weight excluding hydrogens is 747 g/mol. The first-order valence-corrected chi connectivity index (χ1v) is 19.4. The molecule has 0 aliphatic rings. The highest BCUT2D eigenvalue weighted by molar-refractivity contribution is 5.99. The number of nitrogens with zero attached hydrogens (tertiary/aromatic N) is 6. The number of aromatic nitrogens is 6. The molecule has 10 rings (SSSR count). The van der Waals surface area contributed by atoms with Crippen molar-refractivity contribution in [3.05, 3.63) is 206 Å². The van der Waals surface area contributed by atoms with Crippen LogP contribution in [0.4, 0.5) is 8.78 Å². The lowest BCUT2D eigenvalue weighted by Crippen LogP contribution is -2.00. The summed E-state index contributed by atoms with van der Waals surface area (Å²) in [5.74, 6) is 2.46. The zero-order chi connectivity index (χ0) is 40.4. The van der Waals surface area contributed by atoms with Crippen molar-refractivity contribution in [1.29, 1.82) is 0 Å². The van der Waals surface area contributed by atoms with E-state index < -0.39 is 0 Å². The van der Waals surface area contributed by atoms with Gasteiger partial charge in [0.2, 0.25) is 0 Å². The van der Waals surface area contributed by atoms with Crippen LogP contribution in [0, 0.1) is 11.6 Å². The summed E-state index contributed by atoms with van der Waals surface area (Å²) in [6.07, 6.45) is 0. The van der Waals surface area contributed by atoms with Gasteiger partial charge in [-0.25, -0.2) is 38.7 Å². The Kier molecular flexibility index (Phi) is 9.48. The molecule has 0 aliphatic carbocycles. The number of hydrogen-bond acceptors (Lipinski definition) is 6. The van der Waals surface area contributed by atoms with Crippen molar-refractivity contribution in [1.82, 2.24) is 29.9 Å². The van der Waals surface area contributed by atoms with Crippen molar-refractivity contribution in [2.75, 3.05) is 0 Å². The van der Waals surface area contributed by atoms with Crippen LogP contribution in [-0.2, 0) is 0 Å². The van der Waals surface area contributed by atoms with Crippen molar-refractivity contribution in [2.45, 2.75) is 0 Å². The fourth-order valence-corrected chi connectivity index (χ4v) is 7.22. The lowest BCUT2D eigenvalue weighted by molar-refractivity contribution is 0.627. The van der Waals surface area contributed by atoms with Crippen LogP contribution in [0.2, 0.25) is 0 Å². The maximum atomic E-state index is 13.8. The van der Waals surface area contributed by atoms with Crippen LogP contribution in [0.5, 0.6) is 0 Å². The molecule has 8 aromatic carbocycles. The lowest BCUT2D eigenvalue weighted by Gasteiger charge is -2.11. The highest BCUT2D eigenvalue weighted by Gasteiger charge is 2.15. The first-order chi connectivity index (χ1) is 29.5. The third kappa shape index (κ3) is 7.41. The molecule has 0 radical (unpaired) electrons. The average Bonchev–Trinajstić information content (AvgIpc) is 3.32. The maximum Gasteiger partial charge on any atom is 0.164 e. The van der Waals surface area contributed by atoms with E-state index in [0.717, 1.165) is 55.3 Å².